The highest BCUT2D eigenvalue weighted by Gasteiger charge is 2.27. The van der Waals surface area contributed by atoms with E-state index in [2.05, 4.69) is 27.2 Å². The molecule has 4 aromatic carbocycles. The number of nitrogens with two attached hydrogens (primary N) is 3. The van der Waals surface area contributed by atoms with Crippen molar-refractivity contribution in [3.8, 4) is 0 Å². The van der Waals surface area contributed by atoms with E-state index in [1.165, 1.54) is 0 Å². The molecule has 0 aliphatic heterocycles. The summed E-state index contributed by atoms with van der Waals surface area (Å²) < 4.78 is 0. The van der Waals surface area contributed by atoms with Gasteiger partial charge in [-0.25, -0.2) is 0 Å². The number of anilines is 4. The highest BCUT2D eigenvalue weighted by Crippen LogP contribution is 2.40. The highest BCUT2D eigenvalue weighted by molar-refractivity contribution is 5.65. The summed E-state index contributed by atoms with van der Waals surface area (Å²) >= 11 is 0. The van der Waals surface area contributed by atoms with E-state index in [-0.39, 0.29) is 0 Å². The van der Waals surface area contributed by atoms with Gasteiger partial charge < -0.3 is 22.5 Å². The molecule has 4 unspecified atom stereocenters. The summed E-state index contributed by atoms with van der Waals surface area (Å²) in [5.74, 6) is 0. The molecule has 12 nitrogen and oxygen atoms in total. The van der Waals surface area contributed by atoms with Gasteiger partial charge in [-0.05, 0) is 101 Å². The van der Waals surface area contributed by atoms with Crippen molar-refractivity contribution < 1.29 is 20.8 Å². The zero-order chi connectivity index (χ0) is 30.1. The van der Waals surface area contributed by atoms with Crippen LogP contribution >= 0.6 is 0 Å². The molecule has 4 atom stereocenters. The average molecular weight is 573 g/mol. The van der Waals surface area contributed by atoms with E-state index in [0.717, 1.165) is 16.7 Å². The zero-order valence-corrected chi connectivity index (χ0v) is 23.2. The molecule has 0 saturated carbocycles. The molecule has 15 N–H and O–H groups in total. The SMILES string of the molecule is CNC1c2ccc(NO)c(c2)C(N)c2ccc(NO)c(c2)C(N)c2ccc(NO)c(c2C)C(N)c2ccc(NO)c1c2. The molecule has 0 spiro atoms. The minimum atomic E-state index is -0.717. The molecule has 0 fully saturated rings. The molecule has 4 aromatic rings. The Hall–Kier alpha value is -4.24. The first-order valence-corrected chi connectivity index (χ1v) is 13.4. The molecule has 220 valence electrons. The van der Waals surface area contributed by atoms with Gasteiger partial charge in [0.1, 0.15) is 0 Å². The second kappa shape index (κ2) is 11.9. The Morgan fingerprint density at radius 1 is 0.524 bits per heavy atom. The summed E-state index contributed by atoms with van der Waals surface area (Å²) in [4.78, 5) is 0. The molecule has 42 heavy (non-hydrogen) atoms. The molecule has 0 saturated heterocycles. The van der Waals surface area contributed by atoms with Crippen molar-refractivity contribution in [2.75, 3.05) is 29.0 Å². The van der Waals surface area contributed by atoms with Crippen LogP contribution < -0.4 is 44.4 Å². The van der Waals surface area contributed by atoms with E-state index >= 15 is 0 Å². The maximum Gasteiger partial charge on any atom is 0.0656 e. The van der Waals surface area contributed by atoms with Crippen molar-refractivity contribution in [3.05, 3.63) is 117 Å². The first-order chi connectivity index (χ1) is 20.3. The van der Waals surface area contributed by atoms with Crippen molar-refractivity contribution in [2.45, 2.75) is 31.1 Å². The van der Waals surface area contributed by atoms with E-state index in [0.29, 0.717) is 56.1 Å². The number of benzene rings is 4. The largest absolute Gasteiger partial charge is 0.320 e. The van der Waals surface area contributed by atoms with Crippen LogP contribution in [0.15, 0.2) is 66.7 Å². The third-order valence-electron chi connectivity index (χ3n) is 8.23. The minimum Gasteiger partial charge on any atom is -0.320 e. The fourth-order valence-corrected chi connectivity index (χ4v) is 5.97. The fourth-order valence-electron chi connectivity index (χ4n) is 5.97. The van der Waals surface area contributed by atoms with Gasteiger partial charge in [0, 0.05) is 5.56 Å². The Balaban J connectivity index is 1.86. The molecule has 0 aromatic heterocycles. The van der Waals surface area contributed by atoms with Crippen LogP contribution in [0, 0.1) is 6.92 Å². The molecular weight excluding hydrogens is 536 g/mol. The predicted octanol–water partition coefficient (Wildman–Crippen LogP) is 3.97. The summed E-state index contributed by atoms with van der Waals surface area (Å²) in [6.45, 7) is 1.88. The molecule has 1 aliphatic rings. The molecule has 5 rings (SSSR count). The Labute approximate surface area is 243 Å². The molecule has 8 bridgehead atoms. The van der Waals surface area contributed by atoms with Crippen LogP contribution in [-0.2, 0) is 0 Å². The summed E-state index contributed by atoms with van der Waals surface area (Å²) in [6, 6.07) is 17.1. The van der Waals surface area contributed by atoms with Crippen molar-refractivity contribution in [1.29, 1.82) is 0 Å². The molecule has 0 heterocycles. The topological polar surface area (TPSA) is 219 Å². The van der Waals surface area contributed by atoms with Gasteiger partial charge in [0.2, 0.25) is 0 Å². The summed E-state index contributed by atoms with van der Waals surface area (Å²) in [5.41, 5.74) is 37.5. The van der Waals surface area contributed by atoms with E-state index in [9.17, 15) is 20.8 Å². The van der Waals surface area contributed by atoms with Crippen molar-refractivity contribution in [1.82, 2.24) is 5.32 Å². The van der Waals surface area contributed by atoms with Crippen LogP contribution in [0.2, 0.25) is 0 Å². The highest BCUT2D eigenvalue weighted by atomic mass is 16.5. The summed E-state index contributed by atoms with van der Waals surface area (Å²) in [6.07, 6.45) is 0. The standard InChI is InChI=1S/C30H36N8O4/c1-14-18-6-10-25(38-42)26(14)28(32)16-4-8-24(37-41)21(12-16)30(34-2)17-5-9-22(35-39)19(13-17)27(31)15-3-7-23(36-40)20(11-15)29(18)33/h3-13,27-30,34-42H,31-33H2,1-2H3. The lowest BCUT2D eigenvalue weighted by Crippen LogP contribution is -2.23. The predicted molar refractivity (Wildman–Crippen MR) is 161 cm³/mol. The van der Waals surface area contributed by atoms with E-state index in [1.54, 1.807) is 49.5 Å². The van der Waals surface area contributed by atoms with Gasteiger partial charge in [0.25, 0.3) is 0 Å². The molecule has 0 amide bonds. The van der Waals surface area contributed by atoms with Crippen molar-refractivity contribution in [3.63, 3.8) is 0 Å². The van der Waals surface area contributed by atoms with Crippen LogP contribution in [-0.4, -0.2) is 27.9 Å². The number of nitrogens with one attached hydrogen (secondary N) is 5. The smallest absolute Gasteiger partial charge is 0.0656 e. The van der Waals surface area contributed by atoms with Gasteiger partial charge >= 0.3 is 0 Å². The number of rotatable bonds is 5. The van der Waals surface area contributed by atoms with Crippen LogP contribution in [0.1, 0.15) is 74.2 Å². The normalized spacial score (nSPS) is 19.6. The summed E-state index contributed by atoms with van der Waals surface area (Å²) in [5, 5.41) is 43.3. The minimum absolute atomic E-state index is 0.399. The Bertz CT molecular complexity index is 1610. The van der Waals surface area contributed by atoms with Crippen molar-refractivity contribution in [2.24, 2.45) is 17.2 Å². The second-order valence-corrected chi connectivity index (χ2v) is 10.4. The maximum atomic E-state index is 10.0. The van der Waals surface area contributed by atoms with E-state index in [4.69, 9.17) is 17.2 Å². The monoisotopic (exact) mass is 572 g/mol. The molecule has 1 aliphatic carbocycles. The average Bonchev–Trinajstić information content (AvgIpc) is 3.03. The Morgan fingerprint density at radius 2 is 0.976 bits per heavy atom. The molecule has 12 heteroatoms. The Kier molecular flexibility index (Phi) is 8.31. The third-order valence-corrected chi connectivity index (χ3v) is 8.23. The second-order valence-electron chi connectivity index (χ2n) is 10.4. The fraction of sp³-hybridized carbons (Fsp3) is 0.200. The van der Waals surface area contributed by atoms with Crippen LogP contribution in [0.5, 0.6) is 0 Å². The number of hydrogen-bond donors (Lipinski definition) is 12. The van der Waals surface area contributed by atoms with Gasteiger partial charge in [0.05, 0.1) is 46.9 Å². The Morgan fingerprint density at radius 3 is 1.55 bits per heavy atom. The van der Waals surface area contributed by atoms with Crippen LogP contribution in [0.3, 0.4) is 0 Å². The summed E-state index contributed by atoms with van der Waals surface area (Å²) in [7, 11) is 1.80. The van der Waals surface area contributed by atoms with Gasteiger partial charge in [-0.15, -0.1) is 0 Å². The van der Waals surface area contributed by atoms with Gasteiger partial charge in [0.15, 0.2) is 0 Å². The molecular formula is C30H36N8O4. The van der Waals surface area contributed by atoms with Gasteiger partial charge in [-0.1, -0.05) is 24.3 Å². The first kappa shape index (κ1) is 29.3. The number of fused-ring (bicyclic) bond motifs is 8. The maximum absolute atomic E-state index is 10.0. The van der Waals surface area contributed by atoms with Gasteiger partial charge in [-0.2, -0.15) is 0 Å². The van der Waals surface area contributed by atoms with E-state index < -0.39 is 24.2 Å². The van der Waals surface area contributed by atoms with Crippen molar-refractivity contribution >= 4 is 22.7 Å². The van der Waals surface area contributed by atoms with Crippen LogP contribution in [0.4, 0.5) is 22.7 Å². The zero-order valence-electron chi connectivity index (χ0n) is 23.2. The quantitative estimate of drug-likeness (QED) is 0.153. The first-order valence-electron chi connectivity index (χ1n) is 13.4. The lowest BCUT2D eigenvalue weighted by Gasteiger charge is -2.28. The van der Waals surface area contributed by atoms with Crippen LogP contribution in [0.25, 0.3) is 0 Å². The lowest BCUT2D eigenvalue weighted by molar-refractivity contribution is 0.387. The third kappa shape index (κ3) is 4.91. The lowest BCUT2D eigenvalue weighted by atomic mass is 9.84. The number of hydrogen-bond acceptors (Lipinski definition) is 12. The van der Waals surface area contributed by atoms with Gasteiger partial charge in [-0.3, -0.25) is 42.7 Å². The molecule has 0 radical (unpaired) electrons. The van der Waals surface area contributed by atoms with E-state index in [1.807, 2.05) is 31.2 Å².